The number of aromatic hydroxyl groups is 3. The van der Waals surface area contributed by atoms with Crippen LogP contribution in [0.5, 0.6) is 17.2 Å². The summed E-state index contributed by atoms with van der Waals surface area (Å²) < 4.78 is 0. The van der Waals surface area contributed by atoms with E-state index in [1.54, 1.807) is 73.7 Å². The van der Waals surface area contributed by atoms with Gasteiger partial charge in [-0.15, -0.1) is 19.3 Å². The highest BCUT2D eigenvalue weighted by atomic mass is 16.3. The highest BCUT2D eigenvalue weighted by Gasteiger charge is 2.27. The van der Waals surface area contributed by atoms with Crippen LogP contribution in [0.4, 0.5) is 0 Å². The predicted molar refractivity (Wildman–Crippen MR) is 348 cm³/mol. The zero-order chi connectivity index (χ0) is 60.9. The first-order valence-corrected chi connectivity index (χ1v) is 27.5. The van der Waals surface area contributed by atoms with Crippen LogP contribution in [0.2, 0.25) is 0 Å². The molecule has 408 valence electrons. The minimum absolute atomic E-state index is 0.0396. The number of phenols is 3. The van der Waals surface area contributed by atoms with Gasteiger partial charge in [0.05, 0.1) is 36.3 Å². The molecule has 6 atom stereocenters. The van der Waals surface area contributed by atoms with Crippen molar-refractivity contribution in [3.05, 3.63) is 86.5 Å². The van der Waals surface area contributed by atoms with Crippen LogP contribution < -0.4 is 0 Å². The molecule has 1 heterocycles. The van der Waals surface area contributed by atoms with Crippen LogP contribution in [0.25, 0.3) is 0 Å². The molecule has 3 aromatic rings. The van der Waals surface area contributed by atoms with Gasteiger partial charge in [0.2, 0.25) is 0 Å². The van der Waals surface area contributed by atoms with Gasteiger partial charge < -0.3 is 15.3 Å². The van der Waals surface area contributed by atoms with Crippen molar-refractivity contribution in [2.75, 3.05) is 0 Å². The Morgan fingerprint density at radius 3 is 0.586 bits per heavy atom. The quantitative estimate of drug-likeness (QED) is 0.200. The lowest BCUT2D eigenvalue weighted by Crippen LogP contribution is -2.27. The van der Waals surface area contributed by atoms with Gasteiger partial charge >= 0.3 is 0 Å². The molecule has 4 aliphatic rings. The Labute approximate surface area is 511 Å². The number of phenolic OH excluding ortho intramolecular Hbond substituents is 3. The first kappa shape index (κ1) is 61.8. The lowest BCUT2D eigenvalue weighted by molar-refractivity contribution is 0.389. The van der Waals surface area contributed by atoms with E-state index in [0.29, 0.717) is 50.1 Å². The van der Waals surface area contributed by atoms with Crippen molar-refractivity contribution in [3.63, 3.8) is 0 Å². The second kappa shape index (κ2) is 35.1. The van der Waals surface area contributed by atoms with Crippen LogP contribution in [0, 0.1) is 215 Å². The first-order valence-electron chi connectivity index (χ1n) is 27.5. The van der Waals surface area contributed by atoms with E-state index in [1.165, 1.54) is 0 Å². The Balaban J connectivity index is 1.35. The average Bonchev–Trinajstić information content (AvgIpc) is 3.59. The summed E-state index contributed by atoms with van der Waals surface area (Å²) in [5.74, 6) is 86.0. The van der Waals surface area contributed by atoms with Gasteiger partial charge in [0.15, 0.2) is 0 Å². The molecular formula is C78H48N6O3. The maximum absolute atomic E-state index is 12.0. The van der Waals surface area contributed by atoms with E-state index in [0.717, 1.165) is 77.0 Å². The highest BCUT2D eigenvalue weighted by molar-refractivity contribution is 5.95. The van der Waals surface area contributed by atoms with Crippen molar-refractivity contribution in [1.29, 1.82) is 0 Å². The number of fused-ring (bicyclic) bond motifs is 9. The molecule has 9 heteroatoms. The van der Waals surface area contributed by atoms with Crippen molar-refractivity contribution >= 4 is 37.3 Å². The molecule has 7 rings (SSSR count). The van der Waals surface area contributed by atoms with Crippen molar-refractivity contribution in [3.8, 4) is 232 Å². The molecule has 3 saturated carbocycles. The normalized spacial score (nSPS) is 17.6. The molecule has 0 saturated heterocycles. The Morgan fingerprint density at radius 1 is 0.253 bits per heavy atom. The molecule has 9 nitrogen and oxygen atoms in total. The summed E-state index contributed by atoms with van der Waals surface area (Å²) in [5, 5.41) is 35.9. The van der Waals surface area contributed by atoms with Gasteiger partial charge in [-0.05, 0) is 253 Å². The second-order valence-electron chi connectivity index (χ2n) is 19.1. The molecule has 0 aromatic heterocycles. The number of terminal acetylenes is 3. The predicted octanol–water partition coefficient (Wildman–Crippen LogP) is 7.66. The Kier molecular flexibility index (Phi) is 24.9. The zero-order valence-electron chi connectivity index (χ0n) is 47.1. The third-order valence-corrected chi connectivity index (χ3v) is 13.4. The van der Waals surface area contributed by atoms with Crippen LogP contribution in [-0.2, 0) is 0 Å². The van der Waals surface area contributed by atoms with Crippen LogP contribution in [-0.4, -0.2) is 88.9 Å². The molecule has 0 amide bonds. The largest absolute Gasteiger partial charge is 0.507 e. The molecule has 87 heavy (non-hydrogen) atoms. The standard InChI is InChI=1S/C78H48N6O3/c1-4-7-10-13-16-19-22-25-28-31-40-61-49-64-55-79-70-43-34-36-45-72(70)81-57-66-51-62(41-32-29-26-23-20-17-14-11-8-5-2)53-68(77(66)86)59-83-74-47-38-39-48-75(74)84-60-69-54-63(42-33-30-27-24-21-18-15-12-9-6-3)52-67(78(69)87)58-82-73-46-37-35-44-71(73)80-56-65(50-61)76(64)85/h1-3,49-60,70-75,85-87H,34-39,43-48H2. The van der Waals surface area contributed by atoms with Crippen molar-refractivity contribution in [2.45, 2.75) is 113 Å². The van der Waals surface area contributed by atoms with E-state index in [1.807, 2.05) is 0 Å². The summed E-state index contributed by atoms with van der Waals surface area (Å²) in [5.41, 5.74) is 4.14. The zero-order valence-corrected chi connectivity index (χ0v) is 47.1. The SMILES string of the molecule is C#CC#CC#CC#CC#CC#Cc1cc2c(O)c(c1)C=NC1CCCCC1N=Cc1cc(C#CC#CC#CC#CC#CC#C)cc(c1O)C=NC1CCCCC1N=Cc1cc(C#CC#CC#CC#CC#CC#C)cc(c1O)C=NC1CCCCC1N=C2. The fourth-order valence-electron chi connectivity index (χ4n) is 9.30. The summed E-state index contributed by atoms with van der Waals surface area (Å²) in [6, 6.07) is 8.89. The second-order valence-corrected chi connectivity index (χ2v) is 19.1. The van der Waals surface area contributed by atoms with Crippen LogP contribution in [0.3, 0.4) is 0 Å². The number of aliphatic imine (C=N–C) groups is 6. The fourth-order valence-corrected chi connectivity index (χ4v) is 9.30. The van der Waals surface area contributed by atoms with Crippen molar-refractivity contribution in [1.82, 2.24) is 0 Å². The van der Waals surface area contributed by atoms with Gasteiger partial charge in [-0.2, -0.15) is 0 Å². The number of rotatable bonds is 0. The van der Waals surface area contributed by atoms with E-state index in [2.05, 4.69) is 195 Å². The van der Waals surface area contributed by atoms with Crippen LogP contribution in [0.15, 0.2) is 66.4 Å². The number of nitrogens with zero attached hydrogens (tertiary/aromatic N) is 6. The number of hydrogen-bond acceptors (Lipinski definition) is 9. The Bertz CT molecular complexity index is 3990. The lowest BCUT2D eigenvalue weighted by Gasteiger charge is -2.26. The minimum Gasteiger partial charge on any atom is -0.507 e. The van der Waals surface area contributed by atoms with Crippen molar-refractivity contribution < 1.29 is 15.3 Å². The summed E-state index contributed by atoms with van der Waals surface area (Å²) in [6.45, 7) is 0. The first-order chi connectivity index (χ1) is 42.8. The lowest BCUT2D eigenvalue weighted by atomic mass is 9.91. The molecule has 6 bridgehead atoms. The number of benzene rings is 3. The molecule has 3 aromatic carbocycles. The maximum Gasteiger partial charge on any atom is 0.133 e. The van der Waals surface area contributed by atoms with E-state index >= 15 is 0 Å². The van der Waals surface area contributed by atoms with Gasteiger partial charge in [-0.25, -0.2) is 0 Å². The molecule has 3 aliphatic carbocycles. The van der Waals surface area contributed by atoms with Gasteiger partial charge in [-0.1, -0.05) is 56.3 Å². The highest BCUT2D eigenvalue weighted by Crippen LogP contribution is 2.31. The molecule has 3 fully saturated rings. The molecule has 0 spiro atoms. The molecule has 1 aliphatic heterocycles. The minimum atomic E-state index is -0.260. The third kappa shape index (κ3) is 20.6. The topological polar surface area (TPSA) is 135 Å². The maximum atomic E-state index is 12.0. The van der Waals surface area contributed by atoms with Crippen LogP contribution >= 0.6 is 0 Å². The summed E-state index contributed by atoms with van der Waals surface area (Å²) >= 11 is 0. The molecule has 6 unspecified atom stereocenters. The summed E-state index contributed by atoms with van der Waals surface area (Å²) in [4.78, 5) is 30.3. The number of hydrogen-bond donors (Lipinski definition) is 3. The molecular weight excluding hydrogens is 1070 g/mol. The fraction of sp³-hybridized carbons (Fsp3) is 0.231. The Hall–Kier alpha value is -12.8. The molecule has 0 radical (unpaired) electrons. The van der Waals surface area contributed by atoms with Gasteiger partial charge in [0.25, 0.3) is 0 Å². The smallest absolute Gasteiger partial charge is 0.133 e. The Morgan fingerprint density at radius 2 is 0.414 bits per heavy atom. The average molecular weight is 1120 g/mol. The molecule has 3 N–H and O–H groups in total. The van der Waals surface area contributed by atoms with E-state index in [-0.39, 0.29) is 53.5 Å². The monoisotopic (exact) mass is 1120 g/mol. The van der Waals surface area contributed by atoms with Gasteiger partial charge in [-0.3, -0.25) is 30.0 Å². The van der Waals surface area contributed by atoms with Crippen LogP contribution in [0.1, 0.15) is 127 Å². The summed E-state index contributed by atoms with van der Waals surface area (Å²) in [6.07, 6.45) is 35.3. The van der Waals surface area contributed by atoms with Crippen molar-refractivity contribution in [2.24, 2.45) is 30.0 Å². The van der Waals surface area contributed by atoms with Gasteiger partial charge in [0, 0.05) is 87.4 Å². The third-order valence-electron chi connectivity index (χ3n) is 13.4. The van der Waals surface area contributed by atoms with Gasteiger partial charge in [0.1, 0.15) is 17.2 Å². The van der Waals surface area contributed by atoms with E-state index < -0.39 is 0 Å². The van der Waals surface area contributed by atoms with E-state index in [4.69, 9.17) is 49.2 Å². The van der Waals surface area contributed by atoms with E-state index in [9.17, 15) is 15.3 Å². The summed E-state index contributed by atoms with van der Waals surface area (Å²) in [7, 11) is 0.